The number of aliphatic hydroxyl groups excluding tert-OH is 2. The summed E-state index contributed by atoms with van der Waals surface area (Å²) in [6.45, 7) is 4.93. The van der Waals surface area contributed by atoms with Crippen LogP contribution in [-0.4, -0.2) is 33.2 Å². The number of thiazole rings is 1. The average molecular weight is 508 g/mol. The zero-order chi connectivity index (χ0) is 25.3. The quantitative estimate of drug-likeness (QED) is 0.387. The predicted octanol–water partition coefficient (Wildman–Crippen LogP) is 7.26. The molecule has 0 saturated heterocycles. The van der Waals surface area contributed by atoms with Crippen molar-refractivity contribution in [2.75, 3.05) is 0 Å². The van der Waals surface area contributed by atoms with Crippen LogP contribution < -0.4 is 0 Å². The molecule has 1 aromatic carbocycles. The van der Waals surface area contributed by atoms with E-state index in [2.05, 4.69) is 31.0 Å². The number of aromatic nitrogens is 1. The summed E-state index contributed by atoms with van der Waals surface area (Å²) < 4.78 is 1.09. The van der Waals surface area contributed by atoms with Gasteiger partial charge in [-0.1, -0.05) is 49.3 Å². The van der Waals surface area contributed by atoms with Gasteiger partial charge in [0.15, 0.2) is 10.8 Å². The van der Waals surface area contributed by atoms with Gasteiger partial charge < -0.3 is 10.2 Å². The summed E-state index contributed by atoms with van der Waals surface area (Å²) in [6.07, 6.45) is 14.5. The zero-order valence-corrected chi connectivity index (χ0v) is 22.6. The van der Waals surface area contributed by atoms with Crippen LogP contribution in [0.5, 0.6) is 0 Å². The lowest BCUT2D eigenvalue weighted by molar-refractivity contribution is 0.0609. The summed E-state index contributed by atoms with van der Waals surface area (Å²) in [7, 11) is 0. The van der Waals surface area contributed by atoms with Gasteiger partial charge in [0, 0.05) is 6.42 Å². The molecule has 2 aromatic rings. The highest BCUT2D eigenvalue weighted by Gasteiger charge is 2.50. The minimum atomic E-state index is -0.409. The van der Waals surface area contributed by atoms with E-state index in [0.717, 1.165) is 23.1 Å². The number of carbonyl (C=O) groups is 1. The largest absolute Gasteiger partial charge is 0.393 e. The summed E-state index contributed by atoms with van der Waals surface area (Å²) in [5, 5.41) is 20.7. The first-order valence-electron chi connectivity index (χ1n) is 14.0. The minimum absolute atomic E-state index is 0.188. The van der Waals surface area contributed by atoms with Gasteiger partial charge >= 0.3 is 0 Å². The second-order valence-corrected chi connectivity index (χ2v) is 12.9. The molecular formula is C31H41NO3S. The number of aliphatic hydroxyl groups is 2. The van der Waals surface area contributed by atoms with Crippen LogP contribution >= 0.6 is 11.3 Å². The molecule has 2 N–H and O–H groups in total. The molecule has 0 spiro atoms. The van der Waals surface area contributed by atoms with Crippen LogP contribution in [0.4, 0.5) is 0 Å². The van der Waals surface area contributed by atoms with E-state index in [-0.39, 0.29) is 5.78 Å². The Morgan fingerprint density at radius 2 is 1.97 bits per heavy atom. The van der Waals surface area contributed by atoms with Gasteiger partial charge in [-0.3, -0.25) is 4.79 Å². The molecule has 36 heavy (non-hydrogen) atoms. The number of allylic oxidation sites excluding steroid dienone is 3. The number of carbonyl (C=O) groups excluding carboxylic acids is 1. The number of hydrogen-bond donors (Lipinski definition) is 2. The zero-order valence-electron chi connectivity index (χ0n) is 21.8. The fourth-order valence-electron chi connectivity index (χ4n) is 7.63. The number of nitrogens with zero attached hydrogens (tertiary/aromatic N) is 1. The van der Waals surface area contributed by atoms with Crippen molar-refractivity contribution >= 4 is 27.3 Å². The van der Waals surface area contributed by atoms with Crippen molar-refractivity contribution in [1.82, 2.24) is 4.98 Å². The monoisotopic (exact) mass is 507 g/mol. The van der Waals surface area contributed by atoms with Gasteiger partial charge in [-0.15, -0.1) is 11.3 Å². The van der Waals surface area contributed by atoms with Gasteiger partial charge in [0.25, 0.3) is 0 Å². The van der Waals surface area contributed by atoms with Gasteiger partial charge in [0.1, 0.15) is 0 Å². The van der Waals surface area contributed by atoms with Crippen LogP contribution in [0.15, 0.2) is 47.6 Å². The molecule has 5 rings (SSSR count). The van der Waals surface area contributed by atoms with Crippen LogP contribution in [0.3, 0.4) is 0 Å². The number of Topliss-reactive ketones (excluding diaryl/α,β-unsaturated/α-hetero) is 1. The number of para-hydroxylation sites is 1. The molecule has 1 aromatic heterocycles. The lowest BCUT2D eigenvalue weighted by atomic mass is 9.60. The lowest BCUT2D eigenvalue weighted by Gasteiger charge is -2.44. The van der Waals surface area contributed by atoms with Crippen molar-refractivity contribution in [2.24, 2.45) is 23.2 Å². The number of ketones is 1. The Hall–Kier alpha value is -1.82. The predicted molar refractivity (Wildman–Crippen MR) is 147 cm³/mol. The number of hydrogen-bond acceptors (Lipinski definition) is 5. The average Bonchev–Trinajstić information content (AvgIpc) is 3.43. The Bertz CT molecular complexity index is 1100. The third kappa shape index (κ3) is 5.39. The van der Waals surface area contributed by atoms with E-state index < -0.39 is 12.2 Å². The molecule has 3 aliphatic rings. The molecule has 3 aliphatic carbocycles. The first-order valence-corrected chi connectivity index (χ1v) is 14.8. The van der Waals surface area contributed by atoms with Crippen LogP contribution in [0.25, 0.3) is 10.2 Å². The second-order valence-electron chi connectivity index (χ2n) is 11.9. The molecular weight excluding hydrogens is 466 g/mol. The Kier molecular flexibility index (Phi) is 7.81. The molecule has 3 fully saturated rings. The molecule has 194 valence electrons. The summed E-state index contributed by atoms with van der Waals surface area (Å²) in [5.74, 6) is 2.14. The molecule has 0 bridgehead atoms. The molecule has 5 heteroatoms. The topological polar surface area (TPSA) is 70.4 Å². The van der Waals surface area contributed by atoms with E-state index in [0.29, 0.717) is 53.9 Å². The highest BCUT2D eigenvalue weighted by Crippen LogP contribution is 2.59. The van der Waals surface area contributed by atoms with Crippen LogP contribution in [0.1, 0.15) is 94.3 Å². The normalized spacial score (nSPS) is 33.8. The van der Waals surface area contributed by atoms with E-state index in [4.69, 9.17) is 0 Å². The minimum Gasteiger partial charge on any atom is -0.393 e. The number of fused-ring (bicyclic) bond motifs is 2. The Morgan fingerprint density at radius 3 is 2.75 bits per heavy atom. The van der Waals surface area contributed by atoms with Gasteiger partial charge in [0.05, 0.1) is 22.4 Å². The summed E-state index contributed by atoms with van der Waals surface area (Å²) in [4.78, 5) is 17.3. The highest BCUT2D eigenvalue weighted by atomic mass is 32.1. The van der Waals surface area contributed by atoms with Crippen LogP contribution in [0.2, 0.25) is 0 Å². The summed E-state index contributed by atoms with van der Waals surface area (Å²) in [5.41, 5.74) is 4.02. The van der Waals surface area contributed by atoms with Crippen LogP contribution in [-0.2, 0) is 0 Å². The van der Waals surface area contributed by atoms with Crippen molar-refractivity contribution < 1.29 is 15.0 Å². The van der Waals surface area contributed by atoms with Gasteiger partial charge in [-0.2, -0.15) is 0 Å². The first-order chi connectivity index (χ1) is 17.3. The fourth-order valence-corrected chi connectivity index (χ4v) is 8.56. The van der Waals surface area contributed by atoms with Crippen LogP contribution in [0, 0.1) is 23.2 Å². The molecule has 0 aliphatic heterocycles. The third-order valence-electron chi connectivity index (χ3n) is 9.39. The molecule has 3 saturated carbocycles. The van der Waals surface area contributed by atoms with Crippen molar-refractivity contribution in [3.8, 4) is 0 Å². The second kappa shape index (κ2) is 10.9. The highest BCUT2D eigenvalue weighted by molar-refractivity contribution is 7.20. The smallest absolute Gasteiger partial charge is 0.191 e. The van der Waals surface area contributed by atoms with E-state index in [9.17, 15) is 15.0 Å². The fraction of sp³-hybridized carbons (Fsp3) is 0.613. The Morgan fingerprint density at radius 1 is 1.19 bits per heavy atom. The summed E-state index contributed by atoms with van der Waals surface area (Å²) >= 11 is 1.52. The van der Waals surface area contributed by atoms with Crippen molar-refractivity contribution in [3.63, 3.8) is 0 Å². The van der Waals surface area contributed by atoms with E-state index >= 15 is 0 Å². The standard InChI is InChI=1S/C31H41NO3S/c1-20(7-5-10-28(35)30-32-27-9-3-4-11-29(27)36-30)25-14-15-26-22(8-6-16-31(25,26)2)13-12-21-17-23(33)19-24(34)18-21/h3-4,9,11-13,20,23-26,33-34H,5-8,10,14-19H2,1-2H3/b21-12?,22-13-/t20?,23-,24+,25-,26?,31-/m1/s1. The van der Waals surface area contributed by atoms with Gasteiger partial charge in [-0.25, -0.2) is 4.98 Å². The molecule has 1 heterocycles. The maximum atomic E-state index is 12.8. The van der Waals surface area contributed by atoms with Crippen molar-refractivity contribution in [2.45, 2.75) is 96.7 Å². The van der Waals surface area contributed by atoms with Crippen molar-refractivity contribution in [3.05, 3.63) is 52.6 Å². The Balaban J connectivity index is 1.19. The summed E-state index contributed by atoms with van der Waals surface area (Å²) in [6, 6.07) is 7.99. The first kappa shape index (κ1) is 25.8. The van der Waals surface area contributed by atoms with Gasteiger partial charge in [-0.05, 0) is 99.5 Å². The SMILES string of the molecule is CC(CCCC(=O)c1nc2ccccc2s1)[C@H]1CCC2/C(=C\C=C3C[C@@H](O)C[C@@H](O)C3)CCC[C@@]21C. The van der Waals surface area contributed by atoms with Gasteiger partial charge in [0.2, 0.25) is 0 Å². The number of rotatable bonds is 7. The van der Waals surface area contributed by atoms with Crippen molar-refractivity contribution in [1.29, 1.82) is 0 Å². The molecule has 0 radical (unpaired) electrons. The lowest BCUT2D eigenvalue weighted by Crippen LogP contribution is -2.36. The maximum Gasteiger partial charge on any atom is 0.191 e. The van der Waals surface area contributed by atoms with E-state index in [1.54, 1.807) is 5.57 Å². The maximum absolute atomic E-state index is 12.8. The third-order valence-corrected chi connectivity index (χ3v) is 10.5. The Labute approximate surface area is 219 Å². The molecule has 2 unspecified atom stereocenters. The molecule has 4 nitrogen and oxygen atoms in total. The molecule has 6 atom stereocenters. The van der Waals surface area contributed by atoms with E-state index in [1.807, 2.05) is 24.3 Å². The molecule has 0 amide bonds. The van der Waals surface area contributed by atoms with E-state index in [1.165, 1.54) is 49.0 Å². The number of benzene rings is 1.